The minimum atomic E-state index is -3.92. The van der Waals surface area contributed by atoms with Gasteiger partial charge in [0.15, 0.2) is 5.75 Å². The van der Waals surface area contributed by atoms with E-state index in [-0.39, 0.29) is 33.3 Å². The number of rotatable bonds is 5. The zero-order valence-electron chi connectivity index (χ0n) is 14.6. The number of carbonyl (C=O) groups is 1. The van der Waals surface area contributed by atoms with Gasteiger partial charge in [-0.15, -0.1) is 0 Å². The van der Waals surface area contributed by atoms with E-state index in [2.05, 4.69) is 4.72 Å². The first-order valence-corrected chi connectivity index (χ1v) is 9.89. The summed E-state index contributed by atoms with van der Waals surface area (Å²) in [5.74, 6) is -0.411. The average molecular weight is 390 g/mol. The third kappa shape index (κ3) is 4.63. The number of hydrogen-bond acceptors (Lipinski definition) is 5. The molecule has 1 aliphatic rings. The Morgan fingerprint density at radius 3 is 2.60 bits per heavy atom. The lowest BCUT2D eigenvalue weighted by Crippen LogP contribution is -2.42. The number of ether oxygens (including phenoxy) is 1. The first kappa shape index (κ1) is 20.0. The molecule has 1 fully saturated rings. The minimum absolute atomic E-state index is 0.0179. The van der Waals surface area contributed by atoms with E-state index < -0.39 is 15.9 Å². The van der Waals surface area contributed by atoms with Gasteiger partial charge in [-0.1, -0.05) is 18.0 Å². The SMILES string of the molecule is COc1c(C(=O)N(C)C)cc(Cl)cc1S(=O)(=O)NC1CCCC(N)C1. The van der Waals surface area contributed by atoms with Crippen LogP contribution in [0.1, 0.15) is 36.0 Å². The van der Waals surface area contributed by atoms with Crippen molar-refractivity contribution in [3.05, 3.63) is 22.7 Å². The summed E-state index contributed by atoms with van der Waals surface area (Å²) in [6, 6.07) is 2.43. The molecule has 1 amide bonds. The predicted molar refractivity (Wildman–Crippen MR) is 96.6 cm³/mol. The molecule has 140 valence electrons. The highest BCUT2D eigenvalue weighted by atomic mass is 35.5. The summed E-state index contributed by atoms with van der Waals surface area (Å²) in [7, 11) is 0.545. The van der Waals surface area contributed by atoms with Crippen LogP contribution < -0.4 is 15.2 Å². The van der Waals surface area contributed by atoms with Gasteiger partial charge in [-0.05, 0) is 31.4 Å². The normalized spacial score (nSPS) is 21.0. The Balaban J connectivity index is 2.44. The van der Waals surface area contributed by atoms with E-state index in [1.54, 1.807) is 14.1 Å². The second-order valence-corrected chi connectivity index (χ2v) is 8.55. The quantitative estimate of drug-likeness (QED) is 0.796. The third-order valence-corrected chi connectivity index (χ3v) is 5.93. The van der Waals surface area contributed by atoms with Gasteiger partial charge < -0.3 is 15.4 Å². The van der Waals surface area contributed by atoms with Crippen LogP contribution in [0.5, 0.6) is 5.75 Å². The highest BCUT2D eigenvalue weighted by Crippen LogP contribution is 2.33. The van der Waals surface area contributed by atoms with Crippen molar-refractivity contribution < 1.29 is 17.9 Å². The Morgan fingerprint density at radius 2 is 2.04 bits per heavy atom. The van der Waals surface area contributed by atoms with Crippen molar-refractivity contribution in [3.63, 3.8) is 0 Å². The number of sulfonamides is 1. The number of benzene rings is 1. The average Bonchev–Trinajstić information content (AvgIpc) is 2.52. The van der Waals surface area contributed by atoms with Crippen LogP contribution in [0.2, 0.25) is 5.02 Å². The maximum absolute atomic E-state index is 12.9. The molecule has 1 saturated carbocycles. The molecule has 2 rings (SSSR count). The van der Waals surface area contributed by atoms with Crippen molar-refractivity contribution in [2.24, 2.45) is 5.73 Å². The fourth-order valence-corrected chi connectivity index (χ4v) is 4.78. The van der Waals surface area contributed by atoms with Crippen LogP contribution in [0.25, 0.3) is 0 Å². The molecule has 2 unspecified atom stereocenters. The zero-order chi connectivity index (χ0) is 18.8. The van der Waals surface area contributed by atoms with Crippen LogP contribution in [0.3, 0.4) is 0 Å². The highest BCUT2D eigenvalue weighted by molar-refractivity contribution is 7.89. The Morgan fingerprint density at radius 1 is 1.36 bits per heavy atom. The lowest BCUT2D eigenvalue weighted by atomic mass is 9.92. The molecule has 25 heavy (non-hydrogen) atoms. The van der Waals surface area contributed by atoms with Crippen LogP contribution in [0.4, 0.5) is 0 Å². The molecule has 2 atom stereocenters. The van der Waals surface area contributed by atoms with E-state index in [0.29, 0.717) is 6.42 Å². The summed E-state index contributed by atoms with van der Waals surface area (Å²) >= 11 is 6.06. The van der Waals surface area contributed by atoms with Gasteiger partial charge in [0.25, 0.3) is 5.91 Å². The predicted octanol–water partition coefficient (Wildman–Crippen LogP) is 1.60. The number of nitrogens with one attached hydrogen (secondary N) is 1. The molecular weight excluding hydrogens is 366 g/mol. The van der Waals surface area contributed by atoms with Gasteiger partial charge in [-0.2, -0.15) is 0 Å². The lowest BCUT2D eigenvalue weighted by Gasteiger charge is -2.27. The molecular formula is C16H24ClN3O4S. The number of halogens is 1. The summed E-state index contributed by atoms with van der Waals surface area (Å²) in [6.07, 6.45) is 3.05. The summed E-state index contributed by atoms with van der Waals surface area (Å²) in [6.45, 7) is 0. The Labute approximate surface area is 153 Å². The van der Waals surface area contributed by atoms with Crippen LogP contribution in [0.15, 0.2) is 17.0 Å². The fourth-order valence-electron chi connectivity index (χ4n) is 3.00. The third-order valence-electron chi connectivity index (χ3n) is 4.19. The molecule has 0 aromatic heterocycles. The number of amides is 1. The summed E-state index contributed by atoms with van der Waals surface area (Å²) < 4.78 is 33.7. The molecule has 3 N–H and O–H groups in total. The molecule has 0 saturated heterocycles. The summed E-state index contributed by atoms with van der Waals surface area (Å²) in [5.41, 5.74) is 6.03. The number of nitrogens with zero attached hydrogens (tertiary/aromatic N) is 1. The standard InChI is InChI=1S/C16H24ClN3O4S/c1-20(2)16(21)13-7-10(17)8-14(15(13)24-3)25(22,23)19-12-6-4-5-11(18)9-12/h7-8,11-12,19H,4-6,9,18H2,1-3H3. The Bertz CT molecular complexity index is 752. The van der Waals surface area contributed by atoms with Crippen LogP contribution in [-0.2, 0) is 10.0 Å². The van der Waals surface area contributed by atoms with E-state index in [1.165, 1.54) is 24.1 Å². The second kappa shape index (κ2) is 7.90. The first-order valence-electron chi connectivity index (χ1n) is 8.02. The topological polar surface area (TPSA) is 102 Å². The van der Waals surface area contributed by atoms with E-state index >= 15 is 0 Å². The van der Waals surface area contributed by atoms with E-state index in [9.17, 15) is 13.2 Å². The van der Waals surface area contributed by atoms with Crippen molar-refractivity contribution in [2.45, 2.75) is 42.7 Å². The van der Waals surface area contributed by atoms with Crippen molar-refractivity contribution in [2.75, 3.05) is 21.2 Å². The number of nitrogens with two attached hydrogens (primary N) is 1. The minimum Gasteiger partial charge on any atom is -0.494 e. The molecule has 9 heteroatoms. The molecule has 0 radical (unpaired) electrons. The molecule has 0 bridgehead atoms. The first-order chi connectivity index (χ1) is 11.7. The zero-order valence-corrected chi connectivity index (χ0v) is 16.2. The van der Waals surface area contributed by atoms with Crippen molar-refractivity contribution in [1.82, 2.24) is 9.62 Å². The Hall–Kier alpha value is -1.35. The van der Waals surface area contributed by atoms with Crippen molar-refractivity contribution in [3.8, 4) is 5.75 Å². The van der Waals surface area contributed by atoms with Gasteiger partial charge in [-0.25, -0.2) is 13.1 Å². The number of carbonyl (C=O) groups excluding carboxylic acids is 1. The largest absolute Gasteiger partial charge is 0.494 e. The molecule has 7 nitrogen and oxygen atoms in total. The van der Waals surface area contributed by atoms with Gasteiger partial charge in [0, 0.05) is 31.2 Å². The maximum atomic E-state index is 12.9. The van der Waals surface area contributed by atoms with E-state index in [4.69, 9.17) is 22.1 Å². The summed E-state index contributed by atoms with van der Waals surface area (Å²) in [5, 5.41) is 0.145. The van der Waals surface area contributed by atoms with Gasteiger partial charge in [0.2, 0.25) is 10.0 Å². The van der Waals surface area contributed by atoms with Crippen LogP contribution >= 0.6 is 11.6 Å². The Kier molecular flexibility index (Phi) is 6.31. The molecule has 0 aliphatic heterocycles. The highest BCUT2D eigenvalue weighted by Gasteiger charge is 2.30. The van der Waals surface area contributed by atoms with Crippen molar-refractivity contribution >= 4 is 27.5 Å². The monoisotopic (exact) mass is 389 g/mol. The number of methoxy groups -OCH3 is 1. The maximum Gasteiger partial charge on any atom is 0.257 e. The van der Waals surface area contributed by atoms with Gasteiger partial charge in [-0.3, -0.25) is 4.79 Å². The molecule has 1 aliphatic carbocycles. The van der Waals surface area contributed by atoms with Crippen LogP contribution in [-0.4, -0.2) is 52.5 Å². The van der Waals surface area contributed by atoms with E-state index in [0.717, 1.165) is 19.3 Å². The molecule has 1 aromatic carbocycles. The van der Waals surface area contributed by atoms with E-state index in [1.807, 2.05) is 0 Å². The lowest BCUT2D eigenvalue weighted by molar-refractivity contribution is 0.0824. The van der Waals surface area contributed by atoms with Gasteiger partial charge in [0.05, 0.1) is 12.7 Å². The molecule has 0 spiro atoms. The van der Waals surface area contributed by atoms with Gasteiger partial charge in [0.1, 0.15) is 4.90 Å². The van der Waals surface area contributed by atoms with Crippen LogP contribution in [0, 0.1) is 0 Å². The molecule has 0 heterocycles. The van der Waals surface area contributed by atoms with Gasteiger partial charge >= 0.3 is 0 Å². The summed E-state index contributed by atoms with van der Waals surface area (Å²) in [4.78, 5) is 13.5. The second-order valence-electron chi connectivity index (χ2n) is 6.43. The smallest absolute Gasteiger partial charge is 0.257 e. The van der Waals surface area contributed by atoms with Crippen molar-refractivity contribution in [1.29, 1.82) is 0 Å². The fraction of sp³-hybridized carbons (Fsp3) is 0.562. The molecule has 1 aromatic rings. The number of hydrogen-bond donors (Lipinski definition) is 2.